The van der Waals surface area contributed by atoms with Crippen molar-refractivity contribution in [3.8, 4) is 6.01 Å². The minimum atomic E-state index is -1.02. The maximum absolute atomic E-state index is 10.6. The number of rotatable bonds is 4. The number of hydrogen-bond acceptors (Lipinski definition) is 4. The summed E-state index contributed by atoms with van der Waals surface area (Å²) >= 11 is 0. The highest BCUT2D eigenvalue weighted by Gasteiger charge is 2.09. The Labute approximate surface area is 81.8 Å². The Morgan fingerprint density at radius 1 is 1.64 bits per heavy atom. The molecule has 0 radical (unpaired) electrons. The number of aromatic nitrogens is 2. The van der Waals surface area contributed by atoms with Crippen molar-refractivity contribution in [3.05, 3.63) is 17.5 Å². The molecule has 0 unspecified atom stereocenters. The summed E-state index contributed by atoms with van der Waals surface area (Å²) in [6, 6.07) is 0.231. The minimum Gasteiger partial charge on any atom is -0.478 e. The molecule has 0 aliphatic rings. The molecule has 1 heterocycles. The third kappa shape index (κ3) is 2.42. The molecule has 1 N–H and O–H groups in total. The van der Waals surface area contributed by atoms with Gasteiger partial charge < -0.3 is 9.84 Å². The first-order valence-corrected chi connectivity index (χ1v) is 4.35. The fourth-order valence-corrected chi connectivity index (χ4v) is 0.919. The molecule has 1 aromatic heterocycles. The number of carboxylic acids is 1. The molecule has 5 nitrogen and oxygen atoms in total. The Hall–Kier alpha value is -1.65. The van der Waals surface area contributed by atoms with E-state index in [0.29, 0.717) is 12.3 Å². The molecule has 0 amide bonds. The van der Waals surface area contributed by atoms with Crippen molar-refractivity contribution in [2.24, 2.45) is 0 Å². The second-order valence-corrected chi connectivity index (χ2v) is 2.81. The molecule has 0 spiro atoms. The van der Waals surface area contributed by atoms with Crippen LogP contribution in [0.5, 0.6) is 6.01 Å². The fraction of sp³-hybridized carbons (Fsp3) is 0.444. The Balaban J connectivity index is 2.83. The van der Waals surface area contributed by atoms with E-state index in [0.717, 1.165) is 6.42 Å². The van der Waals surface area contributed by atoms with Crippen molar-refractivity contribution in [2.75, 3.05) is 6.61 Å². The molecule has 0 aliphatic carbocycles. The lowest BCUT2D eigenvalue weighted by Crippen LogP contribution is -2.06. The van der Waals surface area contributed by atoms with E-state index < -0.39 is 5.97 Å². The van der Waals surface area contributed by atoms with Gasteiger partial charge in [0, 0.05) is 6.20 Å². The van der Waals surface area contributed by atoms with E-state index in [1.165, 1.54) is 6.20 Å². The van der Waals surface area contributed by atoms with Crippen molar-refractivity contribution in [1.82, 2.24) is 9.97 Å². The van der Waals surface area contributed by atoms with E-state index >= 15 is 0 Å². The van der Waals surface area contributed by atoms with Gasteiger partial charge >= 0.3 is 12.0 Å². The molecular weight excluding hydrogens is 184 g/mol. The van der Waals surface area contributed by atoms with Crippen molar-refractivity contribution in [3.63, 3.8) is 0 Å². The lowest BCUT2D eigenvalue weighted by molar-refractivity contribution is 0.0695. The largest absolute Gasteiger partial charge is 0.478 e. The normalized spacial score (nSPS) is 9.86. The molecule has 0 atom stereocenters. The van der Waals surface area contributed by atoms with Crippen molar-refractivity contribution in [2.45, 2.75) is 20.3 Å². The van der Waals surface area contributed by atoms with Gasteiger partial charge in [-0.15, -0.1) is 0 Å². The highest BCUT2D eigenvalue weighted by Crippen LogP contribution is 2.08. The van der Waals surface area contributed by atoms with E-state index in [9.17, 15) is 4.79 Å². The second kappa shape index (κ2) is 4.55. The van der Waals surface area contributed by atoms with Gasteiger partial charge in [0.2, 0.25) is 0 Å². The number of aromatic carboxylic acids is 1. The van der Waals surface area contributed by atoms with Gasteiger partial charge in [-0.05, 0) is 13.3 Å². The lowest BCUT2D eigenvalue weighted by Gasteiger charge is -2.04. The zero-order chi connectivity index (χ0) is 10.6. The molecule has 0 bridgehead atoms. The van der Waals surface area contributed by atoms with Crippen LogP contribution in [-0.4, -0.2) is 27.7 Å². The van der Waals surface area contributed by atoms with Crippen LogP contribution in [0.25, 0.3) is 0 Å². The van der Waals surface area contributed by atoms with Gasteiger partial charge in [0.25, 0.3) is 0 Å². The molecular formula is C9H12N2O3. The number of nitrogens with zero attached hydrogens (tertiary/aromatic N) is 2. The van der Waals surface area contributed by atoms with Gasteiger partial charge in [-0.2, -0.15) is 4.98 Å². The van der Waals surface area contributed by atoms with Gasteiger partial charge in [0.05, 0.1) is 17.9 Å². The average molecular weight is 196 g/mol. The summed E-state index contributed by atoms with van der Waals surface area (Å²) in [6.45, 7) is 4.12. The third-order valence-corrected chi connectivity index (χ3v) is 1.62. The standard InChI is InChI=1S/C9H12N2O3/c1-3-4-14-9-10-5-7(8(12)13)6(2)11-9/h5H,3-4H2,1-2H3,(H,12,13). The summed E-state index contributed by atoms with van der Waals surface area (Å²) < 4.78 is 5.16. The van der Waals surface area contributed by atoms with E-state index in [1.54, 1.807) is 6.92 Å². The van der Waals surface area contributed by atoms with Crippen molar-refractivity contribution >= 4 is 5.97 Å². The van der Waals surface area contributed by atoms with E-state index in [4.69, 9.17) is 9.84 Å². The monoisotopic (exact) mass is 196 g/mol. The molecule has 5 heteroatoms. The number of ether oxygens (including phenoxy) is 1. The van der Waals surface area contributed by atoms with Gasteiger partial charge in [-0.3, -0.25) is 0 Å². The van der Waals surface area contributed by atoms with Crippen LogP contribution >= 0.6 is 0 Å². The van der Waals surface area contributed by atoms with E-state index in [2.05, 4.69) is 9.97 Å². The Bertz CT molecular complexity index is 339. The van der Waals surface area contributed by atoms with Crippen molar-refractivity contribution in [1.29, 1.82) is 0 Å². The summed E-state index contributed by atoms with van der Waals surface area (Å²) in [6.07, 6.45) is 2.12. The molecule has 0 aromatic carbocycles. The number of hydrogen-bond donors (Lipinski definition) is 1. The topological polar surface area (TPSA) is 72.3 Å². The number of carbonyl (C=O) groups is 1. The summed E-state index contributed by atoms with van der Waals surface area (Å²) in [5.74, 6) is -1.02. The first-order chi connectivity index (χ1) is 6.65. The Morgan fingerprint density at radius 2 is 2.36 bits per heavy atom. The van der Waals surface area contributed by atoms with Gasteiger partial charge in [-0.25, -0.2) is 9.78 Å². The van der Waals surface area contributed by atoms with Gasteiger partial charge in [0.15, 0.2) is 0 Å². The van der Waals surface area contributed by atoms with Crippen LogP contribution in [0.3, 0.4) is 0 Å². The van der Waals surface area contributed by atoms with Crippen LogP contribution < -0.4 is 4.74 Å². The zero-order valence-electron chi connectivity index (χ0n) is 8.15. The Kier molecular flexibility index (Phi) is 3.39. The Morgan fingerprint density at radius 3 is 2.86 bits per heavy atom. The van der Waals surface area contributed by atoms with Crippen LogP contribution in [0, 0.1) is 6.92 Å². The van der Waals surface area contributed by atoms with Gasteiger partial charge in [-0.1, -0.05) is 6.92 Å². The van der Waals surface area contributed by atoms with Crippen molar-refractivity contribution < 1.29 is 14.6 Å². The molecule has 0 aliphatic heterocycles. The van der Waals surface area contributed by atoms with Crippen LogP contribution in [0.4, 0.5) is 0 Å². The summed E-state index contributed by atoms with van der Waals surface area (Å²) in [5, 5.41) is 8.71. The summed E-state index contributed by atoms with van der Waals surface area (Å²) in [4.78, 5) is 18.3. The highest BCUT2D eigenvalue weighted by atomic mass is 16.5. The average Bonchev–Trinajstić information content (AvgIpc) is 2.14. The first kappa shape index (κ1) is 10.4. The SMILES string of the molecule is CCCOc1ncc(C(=O)O)c(C)n1. The lowest BCUT2D eigenvalue weighted by atomic mass is 10.2. The maximum Gasteiger partial charge on any atom is 0.339 e. The minimum absolute atomic E-state index is 0.105. The fourth-order valence-electron chi connectivity index (χ4n) is 0.919. The molecule has 0 saturated heterocycles. The van der Waals surface area contributed by atoms with Crippen LogP contribution in [0.15, 0.2) is 6.20 Å². The molecule has 0 fully saturated rings. The smallest absolute Gasteiger partial charge is 0.339 e. The zero-order valence-corrected chi connectivity index (χ0v) is 8.15. The van der Waals surface area contributed by atoms with Crippen LogP contribution in [0.1, 0.15) is 29.4 Å². The van der Waals surface area contributed by atoms with Crippen LogP contribution in [0.2, 0.25) is 0 Å². The second-order valence-electron chi connectivity index (χ2n) is 2.81. The van der Waals surface area contributed by atoms with E-state index in [1.807, 2.05) is 6.92 Å². The predicted molar refractivity (Wildman–Crippen MR) is 49.5 cm³/mol. The summed E-state index contributed by atoms with van der Waals surface area (Å²) in [7, 11) is 0. The van der Waals surface area contributed by atoms with Gasteiger partial charge in [0.1, 0.15) is 0 Å². The molecule has 0 saturated carbocycles. The number of carboxylic acid groups (broad SMARTS) is 1. The third-order valence-electron chi connectivity index (χ3n) is 1.62. The maximum atomic E-state index is 10.6. The van der Waals surface area contributed by atoms with Crippen LogP contribution in [-0.2, 0) is 0 Å². The molecule has 14 heavy (non-hydrogen) atoms. The highest BCUT2D eigenvalue weighted by molar-refractivity contribution is 5.88. The summed E-state index contributed by atoms with van der Waals surface area (Å²) in [5.41, 5.74) is 0.521. The first-order valence-electron chi connectivity index (χ1n) is 4.35. The number of aryl methyl sites for hydroxylation is 1. The quantitative estimate of drug-likeness (QED) is 0.785. The predicted octanol–water partition coefficient (Wildman–Crippen LogP) is 1.27. The molecule has 76 valence electrons. The van der Waals surface area contributed by atoms with E-state index in [-0.39, 0.29) is 11.6 Å². The molecule has 1 rings (SSSR count). The molecule has 1 aromatic rings.